The maximum Gasteiger partial charge on any atom is 0.238 e. The van der Waals surface area contributed by atoms with Crippen LogP contribution in [-0.2, 0) is 9.59 Å². The first kappa shape index (κ1) is 17.7. The van der Waals surface area contributed by atoms with Crippen molar-refractivity contribution in [3.8, 4) is 11.1 Å². The van der Waals surface area contributed by atoms with Crippen molar-refractivity contribution in [2.75, 3.05) is 0 Å². The molecule has 1 heterocycles. The van der Waals surface area contributed by atoms with E-state index in [4.69, 9.17) is 0 Å². The van der Waals surface area contributed by atoms with Gasteiger partial charge in [0.05, 0.1) is 24.7 Å². The van der Waals surface area contributed by atoms with E-state index in [0.29, 0.717) is 5.92 Å². The molecule has 5 nitrogen and oxygen atoms in total. The van der Waals surface area contributed by atoms with Gasteiger partial charge in [-0.15, -0.1) is 0 Å². The summed E-state index contributed by atoms with van der Waals surface area (Å²) < 4.78 is 0. The second-order valence-corrected chi connectivity index (χ2v) is 7.52. The second kappa shape index (κ2) is 7.53. The van der Waals surface area contributed by atoms with Gasteiger partial charge in [-0.3, -0.25) is 14.9 Å². The molecule has 0 spiro atoms. The van der Waals surface area contributed by atoms with E-state index in [9.17, 15) is 9.59 Å². The Morgan fingerprint density at radius 3 is 2.37 bits per heavy atom. The van der Waals surface area contributed by atoms with E-state index in [1.54, 1.807) is 0 Å². The summed E-state index contributed by atoms with van der Waals surface area (Å²) in [5.41, 5.74) is 3.36. The number of carbonyl (C=O) groups is 2. The molecule has 2 aromatic rings. The zero-order valence-corrected chi connectivity index (χ0v) is 15.4. The number of hydrogen-bond acceptors (Lipinski definition) is 3. The van der Waals surface area contributed by atoms with Crippen LogP contribution < -0.4 is 16.0 Å². The van der Waals surface area contributed by atoms with Crippen molar-refractivity contribution in [2.45, 2.75) is 44.4 Å². The summed E-state index contributed by atoms with van der Waals surface area (Å²) >= 11 is 0. The smallest absolute Gasteiger partial charge is 0.238 e. The van der Waals surface area contributed by atoms with Crippen LogP contribution in [0.25, 0.3) is 11.1 Å². The highest BCUT2D eigenvalue weighted by Gasteiger charge is 2.39. The Kier molecular flexibility index (Phi) is 4.94. The molecule has 0 radical (unpaired) electrons. The SMILES string of the molecule is C[C@@H](NC(=O)C1CC(=O)NC(C2CC2)N1)c1ccc(-c2ccccc2)cc1. The van der Waals surface area contributed by atoms with E-state index >= 15 is 0 Å². The molecule has 27 heavy (non-hydrogen) atoms. The molecule has 4 rings (SSSR count). The lowest BCUT2D eigenvalue weighted by Gasteiger charge is -2.31. The van der Waals surface area contributed by atoms with Gasteiger partial charge in [-0.1, -0.05) is 54.6 Å². The molecule has 140 valence electrons. The highest BCUT2D eigenvalue weighted by atomic mass is 16.2. The molecule has 1 aliphatic heterocycles. The third-order valence-corrected chi connectivity index (χ3v) is 5.37. The topological polar surface area (TPSA) is 70.2 Å². The molecule has 1 saturated carbocycles. The average Bonchev–Trinajstić information content (AvgIpc) is 3.53. The van der Waals surface area contributed by atoms with E-state index in [1.165, 1.54) is 5.56 Å². The van der Waals surface area contributed by atoms with Gasteiger partial charge in [0.2, 0.25) is 11.8 Å². The number of amides is 2. The third-order valence-electron chi connectivity index (χ3n) is 5.37. The molecule has 2 amide bonds. The lowest BCUT2D eigenvalue weighted by molar-refractivity contribution is -0.132. The molecular weight excluding hydrogens is 338 g/mol. The fraction of sp³-hybridized carbons (Fsp3) is 0.364. The lowest BCUT2D eigenvalue weighted by Crippen LogP contribution is -2.61. The predicted molar refractivity (Wildman–Crippen MR) is 105 cm³/mol. The first-order valence-electron chi connectivity index (χ1n) is 9.61. The standard InChI is InChI=1S/C22H25N3O2/c1-14(15-7-9-17(10-8-15)16-5-3-2-4-6-16)23-22(27)19-13-20(26)25-21(24-19)18-11-12-18/h2-10,14,18-19,21,24H,11-13H2,1H3,(H,23,27)(H,25,26)/t14-,19?,21?/m1/s1. The van der Waals surface area contributed by atoms with Crippen molar-refractivity contribution >= 4 is 11.8 Å². The van der Waals surface area contributed by atoms with Crippen LogP contribution in [0.4, 0.5) is 0 Å². The Bertz CT molecular complexity index is 815. The van der Waals surface area contributed by atoms with E-state index in [0.717, 1.165) is 24.0 Å². The van der Waals surface area contributed by atoms with Gasteiger partial charge >= 0.3 is 0 Å². The minimum Gasteiger partial charge on any atom is -0.348 e. The van der Waals surface area contributed by atoms with Crippen molar-refractivity contribution in [3.05, 3.63) is 60.2 Å². The van der Waals surface area contributed by atoms with E-state index in [2.05, 4.69) is 40.2 Å². The molecule has 2 unspecified atom stereocenters. The number of benzene rings is 2. The summed E-state index contributed by atoms with van der Waals surface area (Å²) in [6.07, 6.45) is 2.34. The number of carbonyl (C=O) groups excluding carboxylic acids is 2. The number of rotatable bonds is 5. The molecule has 2 aliphatic rings. The molecule has 2 aromatic carbocycles. The summed E-state index contributed by atoms with van der Waals surface area (Å²) in [5, 5.41) is 9.27. The quantitative estimate of drug-likeness (QED) is 0.765. The molecule has 5 heteroatoms. The molecule has 0 aromatic heterocycles. The van der Waals surface area contributed by atoms with E-state index < -0.39 is 6.04 Å². The lowest BCUT2D eigenvalue weighted by atomic mass is 10.0. The summed E-state index contributed by atoms with van der Waals surface area (Å²) in [7, 11) is 0. The molecule has 1 aliphatic carbocycles. The second-order valence-electron chi connectivity index (χ2n) is 7.52. The average molecular weight is 363 g/mol. The van der Waals surface area contributed by atoms with Crippen molar-refractivity contribution in [1.82, 2.24) is 16.0 Å². The van der Waals surface area contributed by atoms with Crippen LogP contribution in [-0.4, -0.2) is 24.0 Å². The van der Waals surface area contributed by atoms with Crippen LogP contribution in [0.1, 0.15) is 37.8 Å². The van der Waals surface area contributed by atoms with Crippen molar-refractivity contribution in [3.63, 3.8) is 0 Å². The summed E-state index contributed by atoms with van der Waals surface area (Å²) in [6, 6.07) is 17.9. The minimum atomic E-state index is -0.463. The highest BCUT2D eigenvalue weighted by molar-refractivity contribution is 5.89. The molecular formula is C22H25N3O2. The minimum absolute atomic E-state index is 0.0503. The van der Waals surface area contributed by atoms with Gasteiger partial charge in [0.15, 0.2) is 0 Å². The van der Waals surface area contributed by atoms with Crippen LogP contribution >= 0.6 is 0 Å². The van der Waals surface area contributed by atoms with Crippen LogP contribution in [0.2, 0.25) is 0 Å². The number of nitrogens with one attached hydrogen (secondary N) is 3. The molecule has 0 bridgehead atoms. The Balaban J connectivity index is 1.38. The van der Waals surface area contributed by atoms with Crippen molar-refractivity contribution < 1.29 is 9.59 Å². The highest BCUT2D eigenvalue weighted by Crippen LogP contribution is 2.32. The Hall–Kier alpha value is -2.66. The van der Waals surface area contributed by atoms with Crippen molar-refractivity contribution in [2.24, 2.45) is 5.92 Å². The first-order valence-corrected chi connectivity index (χ1v) is 9.61. The van der Waals surface area contributed by atoms with Gasteiger partial charge in [-0.25, -0.2) is 0 Å². The summed E-state index contributed by atoms with van der Waals surface area (Å²) in [5.74, 6) is 0.299. The molecule has 2 fully saturated rings. The van der Waals surface area contributed by atoms with Gasteiger partial charge < -0.3 is 10.6 Å². The normalized spacial score (nSPS) is 23.4. The Morgan fingerprint density at radius 2 is 1.70 bits per heavy atom. The zero-order chi connectivity index (χ0) is 18.8. The molecule has 3 N–H and O–H groups in total. The van der Waals surface area contributed by atoms with Gasteiger partial charge in [0.1, 0.15) is 0 Å². The summed E-state index contributed by atoms with van der Waals surface area (Å²) in [6.45, 7) is 1.97. The third kappa shape index (κ3) is 4.19. The molecule has 1 saturated heterocycles. The largest absolute Gasteiger partial charge is 0.348 e. The van der Waals surface area contributed by atoms with Crippen LogP contribution in [0.3, 0.4) is 0 Å². The van der Waals surface area contributed by atoms with Crippen LogP contribution in [0.5, 0.6) is 0 Å². The van der Waals surface area contributed by atoms with E-state index in [1.807, 2.05) is 37.3 Å². The van der Waals surface area contributed by atoms with Gasteiger partial charge in [0.25, 0.3) is 0 Å². The van der Waals surface area contributed by atoms with Crippen molar-refractivity contribution in [1.29, 1.82) is 0 Å². The van der Waals surface area contributed by atoms with Crippen LogP contribution in [0.15, 0.2) is 54.6 Å². The van der Waals surface area contributed by atoms with Crippen LogP contribution in [0, 0.1) is 5.92 Å². The van der Waals surface area contributed by atoms with Gasteiger partial charge in [-0.05, 0) is 42.4 Å². The first-order chi connectivity index (χ1) is 13.1. The van der Waals surface area contributed by atoms with Gasteiger partial charge in [0, 0.05) is 0 Å². The Labute approximate surface area is 159 Å². The zero-order valence-electron chi connectivity index (χ0n) is 15.4. The number of hydrogen-bond donors (Lipinski definition) is 3. The maximum atomic E-state index is 12.7. The maximum absolute atomic E-state index is 12.7. The fourth-order valence-electron chi connectivity index (χ4n) is 3.58. The monoisotopic (exact) mass is 363 g/mol. The molecule has 3 atom stereocenters. The van der Waals surface area contributed by atoms with Gasteiger partial charge in [-0.2, -0.15) is 0 Å². The predicted octanol–water partition coefficient (Wildman–Crippen LogP) is 2.75. The fourth-order valence-corrected chi connectivity index (χ4v) is 3.58. The summed E-state index contributed by atoms with van der Waals surface area (Å²) in [4.78, 5) is 24.6. The van der Waals surface area contributed by atoms with E-state index in [-0.39, 0.29) is 30.4 Å². The Morgan fingerprint density at radius 1 is 1.04 bits per heavy atom.